The Kier molecular flexibility index (Phi) is 6.40. The molecule has 4 rings (SSSR count). The number of carbonyl (C=O) groups is 2. The lowest BCUT2D eigenvalue weighted by Gasteiger charge is -2.34. The second kappa shape index (κ2) is 9.38. The van der Waals surface area contributed by atoms with E-state index in [0.29, 0.717) is 19.6 Å². The highest BCUT2D eigenvalue weighted by Gasteiger charge is 2.28. The Hall–Kier alpha value is -3.08. The summed E-state index contributed by atoms with van der Waals surface area (Å²) in [7, 11) is 0. The van der Waals surface area contributed by atoms with Crippen molar-refractivity contribution in [2.45, 2.75) is 51.6 Å². The molecule has 2 heterocycles. The van der Waals surface area contributed by atoms with Crippen molar-refractivity contribution in [3.8, 4) is 0 Å². The molecule has 1 aliphatic rings. The van der Waals surface area contributed by atoms with E-state index in [1.165, 1.54) is 0 Å². The molecule has 0 bridgehead atoms. The normalized spacial score (nSPS) is 15.7. The molecule has 1 atom stereocenters. The Balaban J connectivity index is 1.32. The number of carbonyl (C=O) groups excluding carboxylic acids is 2. The molecule has 0 aliphatic carbocycles. The van der Waals surface area contributed by atoms with Crippen LogP contribution in [0.1, 0.15) is 43.4 Å². The molecule has 2 amide bonds. The summed E-state index contributed by atoms with van der Waals surface area (Å²) >= 11 is 0. The molecule has 1 aliphatic heterocycles. The standard InChI is InChI=1S/C26H31N3O2/c1-3-23(20-9-5-4-6-10-20)26(31)28-15-13-22(14-16-28)27-25(30)18-29-19(2)17-21-11-7-8-12-24(21)29/h4-12,17,22-23H,3,13-16,18H2,1-2H3,(H,27,30). The number of piperidine rings is 1. The number of nitrogens with one attached hydrogen (secondary N) is 1. The number of para-hydroxylation sites is 1. The monoisotopic (exact) mass is 417 g/mol. The van der Waals surface area contributed by atoms with Crippen LogP contribution in [0.2, 0.25) is 0 Å². The number of hydrogen-bond acceptors (Lipinski definition) is 2. The minimum atomic E-state index is -0.0858. The molecule has 3 aromatic rings. The summed E-state index contributed by atoms with van der Waals surface area (Å²) in [5.41, 5.74) is 3.25. The SMILES string of the molecule is CCC(C(=O)N1CCC(NC(=O)Cn2c(C)cc3ccccc32)CC1)c1ccccc1. The third-order valence-electron chi connectivity index (χ3n) is 6.40. The van der Waals surface area contributed by atoms with Gasteiger partial charge in [0.05, 0.1) is 5.92 Å². The van der Waals surface area contributed by atoms with Crippen molar-refractivity contribution in [1.29, 1.82) is 0 Å². The number of likely N-dealkylation sites (tertiary alicyclic amines) is 1. The minimum Gasteiger partial charge on any atom is -0.352 e. The first-order valence-corrected chi connectivity index (χ1v) is 11.2. The quantitative estimate of drug-likeness (QED) is 0.652. The van der Waals surface area contributed by atoms with Crippen molar-refractivity contribution >= 4 is 22.7 Å². The molecule has 31 heavy (non-hydrogen) atoms. The number of rotatable bonds is 6. The zero-order valence-electron chi connectivity index (χ0n) is 18.4. The molecule has 1 fully saturated rings. The minimum absolute atomic E-state index is 0.0324. The van der Waals surface area contributed by atoms with Crippen LogP contribution in [0.5, 0.6) is 0 Å². The third kappa shape index (κ3) is 4.66. The average Bonchev–Trinajstić information content (AvgIpc) is 3.10. The number of hydrogen-bond donors (Lipinski definition) is 1. The molecular formula is C26H31N3O2. The molecule has 5 heteroatoms. The van der Waals surface area contributed by atoms with Crippen LogP contribution >= 0.6 is 0 Å². The van der Waals surface area contributed by atoms with E-state index in [1.54, 1.807) is 0 Å². The van der Waals surface area contributed by atoms with E-state index in [4.69, 9.17) is 0 Å². The van der Waals surface area contributed by atoms with Crippen LogP contribution < -0.4 is 5.32 Å². The van der Waals surface area contributed by atoms with Gasteiger partial charge >= 0.3 is 0 Å². The van der Waals surface area contributed by atoms with Crippen molar-refractivity contribution in [1.82, 2.24) is 14.8 Å². The maximum atomic E-state index is 13.1. The van der Waals surface area contributed by atoms with Crippen molar-refractivity contribution in [3.63, 3.8) is 0 Å². The number of aromatic nitrogens is 1. The van der Waals surface area contributed by atoms with Gasteiger partial charge in [0.15, 0.2) is 0 Å². The Morgan fingerprint density at radius 1 is 1.03 bits per heavy atom. The van der Waals surface area contributed by atoms with Gasteiger partial charge in [-0.3, -0.25) is 9.59 Å². The Morgan fingerprint density at radius 2 is 1.71 bits per heavy atom. The summed E-state index contributed by atoms with van der Waals surface area (Å²) in [4.78, 5) is 27.8. The zero-order chi connectivity index (χ0) is 21.8. The Morgan fingerprint density at radius 3 is 2.42 bits per heavy atom. The van der Waals surface area contributed by atoms with Crippen LogP contribution in [0.15, 0.2) is 60.7 Å². The smallest absolute Gasteiger partial charge is 0.240 e. The van der Waals surface area contributed by atoms with E-state index in [9.17, 15) is 9.59 Å². The summed E-state index contributed by atoms with van der Waals surface area (Å²) in [5, 5.41) is 4.34. The lowest BCUT2D eigenvalue weighted by Crippen LogP contribution is -2.48. The molecule has 0 saturated carbocycles. The predicted octanol–water partition coefficient (Wildman–Crippen LogP) is 4.25. The second-order valence-corrected chi connectivity index (χ2v) is 8.47. The summed E-state index contributed by atoms with van der Waals surface area (Å²) in [5.74, 6) is 0.148. The first kappa shape index (κ1) is 21.2. The van der Waals surface area contributed by atoms with Gasteiger partial charge in [0, 0.05) is 30.3 Å². The van der Waals surface area contributed by atoms with Crippen molar-refractivity contribution in [2.24, 2.45) is 0 Å². The Labute approximate surface area is 184 Å². The van der Waals surface area contributed by atoms with E-state index in [2.05, 4.69) is 35.0 Å². The fourth-order valence-corrected chi connectivity index (χ4v) is 4.68. The van der Waals surface area contributed by atoms with Gasteiger partial charge in [-0.15, -0.1) is 0 Å². The molecule has 1 unspecified atom stereocenters. The highest BCUT2D eigenvalue weighted by molar-refractivity contribution is 5.85. The first-order valence-electron chi connectivity index (χ1n) is 11.2. The number of amides is 2. The van der Waals surface area contributed by atoms with Gasteiger partial charge in [-0.1, -0.05) is 55.5 Å². The highest BCUT2D eigenvalue weighted by Crippen LogP contribution is 2.24. The van der Waals surface area contributed by atoms with Crippen LogP contribution in [-0.4, -0.2) is 40.4 Å². The molecule has 1 saturated heterocycles. The molecule has 5 nitrogen and oxygen atoms in total. The summed E-state index contributed by atoms with van der Waals surface area (Å²) in [6, 6.07) is 20.4. The predicted molar refractivity (Wildman–Crippen MR) is 124 cm³/mol. The van der Waals surface area contributed by atoms with Crippen molar-refractivity contribution in [2.75, 3.05) is 13.1 Å². The number of nitrogens with zero attached hydrogens (tertiary/aromatic N) is 2. The first-order chi connectivity index (χ1) is 15.1. The molecule has 1 N–H and O–H groups in total. The van der Waals surface area contributed by atoms with Gasteiger partial charge in [-0.25, -0.2) is 0 Å². The van der Waals surface area contributed by atoms with E-state index in [-0.39, 0.29) is 23.8 Å². The summed E-state index contributed by atoms with van der Waals surface area (Å²) in [6.07, 6.45) is 2.39. The average molecular weight is 418 g/mol. The Bertz CT molecular complexity index is 1050. The third-order valence-corrected chi connectivity index (χ3v) is 6.40. The summed E-state index contributed by atoms with van der Waals surface area (Å²) in [6.45, 7) is 5.81. The molecule has 0 spiro atoms. The molecule has 1 aromatic heterocycles. The number of fused-ring (bicyclic) bond motifs is 1. The van der Waals surface area contributed by atoms with Gasteiger partial charge in [0.1, 0.15) is 6.54 Å². The van der Waals surface area contributed by atoms with Gasteiger partial charge in [0.2, 0.25) is 11.8 Å². The van der Waals surface area contributed by atoms with Crippen LogP contribution in [0, 0.1) is 6.92 Å². The molecule has 2 aromatic carbocycles. The highest BCUT2D eigenvalue weighted by atomic mass is 16.2. The fourth-order valence-electron chi connectivity index (χ4n) is 4.68. The molecule has 0 radical (unpaired) electrons. The number of benzene rings is 2. The molecular weight excluding hydrogens is 386 g/mol. The zero-order valence-corrected chi connectivity index (χ0v) is 18.4. The van der Waals surface area contributed by atoms with Crippen molar-refractivity contribution < 1.29 is 9.59 Å². The lowest BCUT2D eigenvalue weighted by molar-refractivity contribution is -0.134. The van der Waals surface area contributed by atoms with Gasteiger partial charge in [-0.2, -0.15) is 0 Å². The van der Waals surface area contributed by atoms with Crippen molar-refractivity contribution in [3.05, 3.63) is 71.9 Å². The maximum absolute atomic E-state index is 13.1. The van der Waals surface area contributed by atoms with E-state index >= 15 is 0 Å². The van der Waals surface area contributed by atoms with E-state index in [1.807, 2.05) is 54.3 Å². The largest absolute Gasteiger partial charge is 0.352 e. The van der Waals surface area contributed by atoms with Crippen LogP contribution in [-0.2, 0) is 16.1 Å². The number of aryl methyl sites for hydroxylation is 1. The maximum Gasteiger partial charge on any atom is 0.240 e. The topological polar surface area (TPSA) is 54.3 Å². The van der Waals surface area contributed by atoms with Gasteiger partial charge in [0.25, 0.3) is 0 Å². The van der Waals surface area contributed by atoms with E-state index in [0.717, 1.165) is 41.4 Å². The van der Waals surface area contributed by atoms with Crippen LogP contribution in [0.3, 0.4) is 0 Å². The fraction of sp³-hybridized carbons (Fsp3) is 0.385. The second-order valence-electron chi connectivity index (χ2n) is 8.47. The van der Waals surface area contributed by atoms with Crippen LogP contribution in [0.4, 0.5) is 0 Å². The lowest BCUT2D eigenvalue weighted by atomic mass is 9.93. The van der Waals surface area contributed by atoms with Gasteiger partial charge in [-0.05, 0) is 49.3 Å². The van der Waals surface area contributed by atoms with Crippen LogP contribution in [0.25, 0.3) is 10.9 Å². The van der Waals surface area contributed by atoms with E-state index < -0.39 is 0 Å². The summed E-state index contributed by atoms with van der Waals surface area (Å²) < 4.78 is 2.06. The molecule has 162 valence electrons. The van der Waals surface area contributed by atoms with Gasteiger partial charge < -0.3 is 14.8 Å².